The van der Waals surface area contributed by atoms with Crippen molar-refractivity contribution in [1.82, 2.24) is 0 Å². The molecular formula is C19H21BrClNO4. The average Bonchev–Trinajstić information content (AvgIpc) is 2.59. The Bertz CT molecular complexity index is 782. The highest BCUT2D eigenvalue weighted by molar-refractivity contribution is 9.10. The van der Waals surface area contributed by atoms with E-state index >= 15 is 0 Å². The second-order valence-electron chi connectivity index (χ2n) is 5.54. The van der Waals surface area contributed by atoms with E-state index in [1.807, 2.05) is 26.0 Å². The molecule has 0 radical (unpaired) electrons. The Kier molecular flexibility index (Phi) is 7.60. The summed E-state index contributed by atoms with van der Waals surface area (Å²) < 4.78 is 12.3. The summed E-state index contributed by atoms with van der Waals surface area (Å²) in [4.78, 5) is 11.0. The first-order chi connectivity index (χ1) is 12.5. The fraction of sp³-hybridized carbons (Fsp3) is 0.316. The van der Waals surface area contributed by atoms with Crippen molar-refractivity contribution in [3.8, 4) is 11.5 Å². The lowest BCUT2D eigenvalue weighted by atomic mass is 10.1. The summed E-state index contributed by atoms with van der Waals surface area (Å²) in [6.45, 7) is 5.65. The molecule has 7 heteroatoms. The van der Waals surface area contributed by atoms with Gasteiger partial charge in [-0.15, -0.1) is 0 Å². The third-order valence-electron chi connectivity index (χ3n) is 3.52. The van der Waals surface area contributed by atoms with Gasteiger partial charge in [-0.25, -0.2) is 4.79 Å². The third-order valence-corrected chi connectivity index (χ3v) is 4.42. The van der Waals surface area contributed by atoms with Gasteiger partial charge in [0.25, 0.3) is 0 Å². The Morgan fingerprint density at radius 1 is 1.23 bits per heavy atom. The zero-order valence-corrected chi connectivity index (χ0v) is 17.0. The minimum absolute atomic E-state index is 0.0796. The number of hydrogen-bond donors (Lipinski definition) is 2. The molecule has 2 N–H and O–H groups in total. The van der Waals surface area contributed by atoms with Crippen molar-refractivity contribution in [1.29, 1.82) is 0 Å². The lowest BCUT2D eigenvalue weighted by molar-refractivity contribution is 0.0697. The number of carboxylic acids is 1. The van der Waals surface area contributed by atoms with Gasteiger partial charge in [0, 0.05) is 12.2 Å². The van der Waals surface area contributed by atoms with Crippen LogP contribution in [-0.4, -0.2) is 24.3 Å². The number of carboxylic acid groups (broad SMARTS) is 1. The quantitative estimate of drug-likeness (QED) is 0.529. The van der Waals surface area contributed by atoms with Crippen LogP contribution in [0.3, 0.4) is 0 Å². The predicted octanol–water partition coefficient (Wildman–Crippen LogP) is 5.60. The van der Waals surface area contributed by atoms with Gasteiger partial charge in [-0.2, -0.15) is 0 Å². The van der Waals surface area contributed by atoms with Gasteiger partial charge in [-0.05, 0) is 65.2 Å². The van der Waals surface area contributed by atoms with E-state index in [-0.39, 0.29) is 10.6 Å². The van der Waals surface area contributed by atoms with E-state index in [1.165, 1.54) is 6.07 Å². The number of anilines is 1. The Labute approximate surface area is 166 Å². The number of hydrogen-bond acceptors (Lipinski definition) is 4. The molecule has 26 heavy (non-hydrogen) atoms. The molecule has 0 spiro atoms. The summed E-state index contributed by atoms with van der Waals surface area (Å²) in [7, 11) is 0. The van der Waals surface area contributed by atoms with Crippen LogP contribution < -0.4 is 14.8 Å². The third kappa shape index (κ3) is 5.29. The predicted molar refractivity (Wildman–Crippen MR) is 107 cm³/mol. The van der Waals surface area contributed by atoms with Crippen LogP contribution in [0.2, 0.25) is 5.02 Å². The molecule has 0 saturated heterocycles. The van der Waals surface area contributed by atoms with Crippen molar-refractivity contribution in [2.75, 3.05) is 18.5 Å². The molecule has 0 atom stereocenters. The second-order valence-corrected chi connectivity index (χ2v) is 6.80. The van der Waals surface area contributed by atoms with Crippen molar-refractivity contribution < 1.29 is 19.4 Å². The zero-order chi connectivity index (χ0) is 19.1. The van der Waals surface area contributed by atoms with Gasteiger partial charge in [-0.1, -0.05) is 18.5 Å². The normalized spacial score (nSPS) is 10.5. The molecule has 0 unspecified atom stereocenters. The Morgan fingerprint density at radius 3 is 2.62 bits per heavy atom. The fourth-order valence-electron chi connectivity index (χ4n) is 2.33. The second kappa shape index (κ2) is 9.69. The van der Waals surface area contributed by atoms with Crippen LogP contribution in [0.5, 0.6) is 11.5 Å². The minimum atomic E-state index is -1.05. The summed E-state index contributed by atoms with van der Waals surface area (Å²) in [6, 6.07) is 8.66. The molecule has 0 fully saturated rings. The molecule has 140 valence electrons. The van der Waals surface area contributed by atoms with Crippen molar-refractivity contribution in [3.63, 3.8) is 0 Å². The van der Waals surface area contributed by atoms with Gasteiger partial charge in [0.2, 0.25) is 0 Å². The topological polar surface area (TPSA) is 67.8 Å². The van der Waals surface area contributed by atoms with Gasteiger partial charge in [-0.3, -0.25) is 0 Å². The van der Waals surface area contributed by atoms with E-state index in [2.05, 4.69) is 21.2 Å². The fourth-order valence-corrected chi connectivity index (χ4v) is 3.20. The minimum Gasteiger partial charge on any atom is -0.490 e. The van der Waals surface area contributed by atoms with Crippen LogP contribution in [0.15, 0.2) is 34.8 Å². The Balaban J connectivity index is 2.16. The van der Waals surface area contributed by atoms with E-state index in [1.54, 1.807) is 12.1 Å². The molecule has 2 aromatic rings. The van der Waals surface area contributed by atoms with Gasteiger partial charge >= 0.3 is 5.97 Å². The van der Waals surface area contributed by atoms with E-state index in [0.717, 1.165) is 22.1 Å². The van der Waals surface area contributed by atoms with Crippen LogP contribution in [0.1, 0.15) is 36.2 Å². The van der Waals surface area contributed by atoms with Crippen molar-refractivity contribution >= 4 is 39.2 Å². The summed E-state index contributed by atoms with van der Waals surface area (Å²) in [5, 5.41) is 12.5. The molecule has 2 aromatic carbocycles. The van der Waals surface area contributed by atoms with Crippen LogP contribution in [-0.2, 0) is 6.54 Å². The smallest absolute Gasteiger partial charge is 0.337 e. The maximum atomic E-state index is 11.0. The molecule has 0 aromatic heterocycles. The first-order valence-corrected chi connectivity index (χ1v) is 9.48. The monoisotopic (exact) mass is 441 g/mol. The van der Waals surface area contributed by atoms with Crippen molar-refractivity contribution in [3.05, 3.63) is 51.0 Å². The summed E-state index contributed by atoms with van der Waals surface area (Å²) in [6.07, 6.45) is 0.911. The maximum absolute atomic E-state index is 11.0. The lowest BCUT2D eigenvalue weighted by Gasteiger charge is -2.16. The average molecular weight is 443 g/mol. The van der Waals surface area contributed by atoms with E-state index < -0.39 is 5.97 Å². The Hall–Kier alpha value is -1.92. The van der Waals surface area contributed by atoms with Gasteiger partial charge < -0.3 is 19.9 Å². The molecule has 0 aliphatic carbocycles. The highest BCUT2D eigenvalue weighted by Gasteiger charge is 2.13. The highest BCUT2D eigenvalue weighted by Crippen LogP contribution is 2.37. The maximum Gasteiger partial charge on any atom is 0.337 e. The SMILES string of the molecule is CCCOc1c(Br)cc(CNc2ccc(C(=O)O)c(Cl)c2)cc1OCC. The Morgan fingerprint density at radius 2 is 2.00 bits per heavy atom. The van der Waals surface area contributed by atoms with Crippen LogP contribution in [0, 0.1) is 0 Å². The molecule has 5 nitrogen and oxygen atoms in total. The number of ether oxygens (including phenoxy) is 2. The highest BCUT2D eigenvalue weighted by atomic mass is 79.9. The van der Waals surface area contributed by atoms with Crippen molar-refractivity contribution in [2.45, 2.75) is 26.8 Å². The molecule has 0 amide bonds. The molecular weight excluding hydrogens is 422 g/mol. The number of benzene rings is 2. The number of carbonyl (C=O) groups is 1. The number of aromatic carboxylic acids is 1. The molecule has 0 aliphatic heterocycles. The van der Waals surface area contributed by atoms with E-state index in [4.69, 9.17) is 26.2 Å². The zero-order valence-electron chi connectivity index (χ0n) is 14.6. The summed E-state index contributed by atoms with van der Waals surface area (Å²) in [5.41, 5.74) is 1.80. The number of nitrogens with one attached hydrogen (secondary N) is 1. The van der Waals surface area contributed by atoms with Gasteiger partial charge in [0.1, 0.15) is 0 Å². The molecule has 0 heterocycles. The molecule has 0 bridgehead atoms. The van der Waals surface area contributed by atoms with E-state index in [0.29, 0.717) is 31.3 Å². The standard InChI is InChI=1S/C19H21BrClNO4/c1-3-7-26-18-15(20)8-12(9-17(18)25-4-2)11-22-13-5-6-14(19(23)24)16(21)10-13/h5-6,8-10,22H,3-4,7,11H2,1-2H3,(H,23,24). The van der Waals surface area contributed by atoms with Crippen LogP contribution in [0.25, 0.3) is 0 Å². The first-order valence-electron chi connectivity index (χ1n) is 8.31. The van der Waals surface area contributed by atoms with E-state index in [9.17, 15) is 4.79 Å². The molecule has 0 aliphatic rings. The summed E-state index contributed by atoms with van der Waals surface area (Å²) in [5.74, 6) is 0.340. The molecule has 2 rings (SSSR count). The van der Waals surface area contributed by atoms with Crippen LogP contribution >= 0.6 is 27.5 Å². The number of halogens is 2. The first kappa shape index (κ1) is 20.4. The van der Waals surface area contributed by atoms with Crippen molar-refractivity contribution in [2.24, 2.45) is 0 Å². The largest absolute Gasteiger partial charge is 0.490 e. The van der Waals surface area contributed by atoms with Crippen LogP contribution in [0.4, 0.5) is 5.69 Å². The lowest BCUT2D eigenvalue weighted by Crippen LogP contribution is -2.05. The summed E-state index contributed by atoms with van der Waals surface area (Å²) >= 11 is 9.54. The number of rotatable bonds is 9. The van der Waals surface area contributed by atoms with Gasteiger partial charge in [0.05, 0.1) is 28.3 Å². The van der Waals surface area contributed by atoms with Gasteiger partial charge in [0.15, 0.2) is 11.5 Å². The molecule has 0 saturated carbocycles.